The minimum absolute atomic E-state index is 0.0282. The quantitative estimate of drug-likeness (QED) is 0.511. The normalized spacial score (nSPS) is 10.7. The average molecular weight is 288 g/mol. The van der Waals surface area contributed by atoms with Gasteiger partial charge in [-0.2, -0.15) is 0 Å². The van der Waals surface area contributed by atoms with E-state index >= 15 is 0 Å². The molecule has 0 atom stereocenters. The van der Waals surface area contributed by atoms with Gasteiger partial charge in [0.05, 0.1) is 18.1 Å². The molecule has 2 aromatic rings. The van der Waals surface area contributed by atoms with Crippen molar-refractivity contribution in [1.29, 1.82) is 0 Å². The van der Waals surface area contributed by atoms with Gasteiger partial charge in [0.25, 0.3) is 5.69 Å². The van der Waals surface area contributed by atoms with Crippen LogP contribution in [0.4, 0.5) is 11.4 Å². The van der Waals surface area contributed by atoms with E-state index < -0.39 is 4.92 Å². The molecule has 7 nitrogen and oxygen atoms in total. The molecule has 7 heteroatoms. The zero-order valence-corrected chi connectivity index (χ0v) is 11.1. The summed E-state index contributed by atoms with van der Waals surface area (Å²) >= 11 is 0. The van der Waals surface area contributed by atoms with Crippen molar-refractivity contribution in [2.24, 2.45) is 4.99 Å². The fraction of sp³-hybridized carbons (Fsp3) is 0.0714. The Morgan fingerprint density at radius 1 is 1.19 bits per heavy atom. The van der Waals surface area contributed by atoms with E-state index in [4.69, 9.17) is 4.74 Å². The number of phenols is 2. The highest BCUT2D eigenvalue weighted by atomic mass is 16.6. The van der Waals surface area contributed by atoms with Gasteiger partial charge in [-0.05, 0) is 18.2 Å². The molecule has 0 bridgehead atoms. The first-order valence-electron chi connectivity index (χ1n) is 5.89. The zero-order chi connectivity index (χ0) is 15.4. The van der Waals surface area contributed by atoms with E-state index in [0.29, 0.717) is 11.3 Å². The fourth-order valence-electron chi connectivity index (χ4n) is 1.63. The molecule has 0 saturated carbocycles. The molecule has 2 rings (SSSR count). The van der Waals surface area contributed by atoms with Gasteiger partial charge in [-0.25, -0.2) is 0 Å². The van der Waals surface area contributed by atoms with E-state index in [2.05, 4.69) is 4.99 Å². The van der Waals surface area contributed by atoms with E-state index in [9.17, 15) is 20.3 Å². The van der Waals surface area contributed by atoms with Gasteiger partial charge in [0, 0.05) is 23.9 Å². The number of benzene rings is 2. The average Bonchev–Trinajstić information content (AvgIpc) is 2.46. The molecule has 0 spiro atoms. The van der Waals surface area contributed by atoms with Crippen LogP contribution in [-0.2, 0) is 0 Å². The second-order valence-electron chi connectivity index (χ2n) is 4.11. The van der Waals surface area contributed by atoms with Crippen molar-refractivity contribution in [2.75, 3.05) is 7.11 Å². The van der Waals surface area contributed by atoms with Crippen LogP contribution in [0.15, 0.2) is 41.4 Å². The third kappa shape index (κ3) is 3.27. The number of hydrogen-bond acceptors (Lipinski definition) is 6. The maximum atomic E-state index is 10.6. The predicted octanol–water partition coefficient (Wildman–Crippen LogP) is 2.77. The first-order chi connectivity index (χ1) is 10.0. The third-order valence-electron chi connectivity index (χ3n) is 2.75. The number of nitro groups is 1. The molecule has 0 aromatic heterocycles. The van der Waals surface area contributed by atoms with Crippen molar-refractivity contribution in [3.63, 3.8) is 0 Å². The summed E-state index contributed by atoms with van der Waals surface area (Å²) < 4.78 is 4.96. The third-order valence-corrected chi connectivity index (χ3v) is 2.75. The Bertz CT molecular complexity index is 713. The highest BCUT2D eigenvalue weighted by molar-refractivity contribution is 5.86. The molecular weight excluding hydrogens is 276 g/mol. The van der Waals surface area contributed by atoms with Crippen molar-refractivity contribution < 1.29 is 19.9 Å². The second kappa shape index (κ2) is 5.91. The molecule has 0 fully saturated rings. The number of hydrogen-bond donors (Lipinski definition) is 2. The Morgan fingerprint density at radius 3 is 2.52 bits per heavy atom. The lowest BCUT2D eigenvalue weighted by atomic mass is 10.2. The lowest BCUT2D eigenvalue weighted by Gasteiger charge is -2.03. The van der Waals surface area contributed by atoms with Crippen molar-refractivity contribution in [3.05, 3.63) is 52.1 Å². The number of nitro benzene ring substituents is 1. The minimum Gasteiger partial charge on any atom is -0.507 e. The smallest absolute Gasteiger partial charge is 0.273 e. The van der Waals surface area contributed by atoms with Gasteiger partial charge >= 0.3 is 0 Å². The Labute approximate surface area is 119 Å². The van der Waals surface area contributed by atoms with Crippen LogP contribution >= 0.6 is 0 Å². The summed E-state index contributed by atoms with van der Waals surface area (Å²) in [6.07, 6.45) is 1.34. The van der Waals surface area contributed by atoms with Crippen LogP contribution in [0.25, 0.3) is 0 Å². The van der Waals surface area contributed by atoms with Crippen molar-refractivity contribution in [2.45, 2.75) is 0 Å². The standard InChI is InChI=1S/C14H12N2O5/c1-21-11-4-2-9(13(17)7-11)8-15-12-5-3-10(16(19)20)6-14(12)18/h2-8,17-18H,1H3. The highest BCUT2D eigenvalue weighted by Gasteiger charge is 2.09. The van der Waals surface area contributed by atoms with Gasteiger partial charge in [0.1, 0.15) is 22.9 Å². The van der Waals surface area contributed by atoms with Gasteiger partial charge in [0.15, 0.2) is 0 Å². The van der Waals surface area contributed by atoms with Crippen LogP contribution < -0.4 is 4.74 Å². The van der Waals surface area contributed by atoms with E-state index in [-0.39, 0.29) is 22.9 Å². The molecule has 21 heavy (non-hydrogen) atoms. The molecule has 0 radical (unpaired) electrons. The number of phenolic OH excluding ortho intramolecular Hbond substituents is 2. The lowest BCUT2D eigenvalue weighted by Crippen LogP contribution is -1.87. The summed E-state index contributed by atoms with van der Waals surface area (Å²) in [4.78, 5) is 13.9. The van der Waals surface area contributed by atoms with Gasteiger partial charge in [0.2, 0.25) is 0 Å². The molecular formula is C14H12N2O5. The molecule has 2 aromatic carbocycles. The number of ether oxygens (including phenoxy) is 1. The number of methoxy groups -OCH3 is 1. The first-order valence-corrected chi connectivity index (χ1v) is 5.89. The molecule has 0 aliphatic rings. The SMILES string of the molecule is COc1ccc(C=Nc2ccc([N+](=O)[O-])cc2O)c(O)c1. The Morgan fingerprint density at radius 2 is 1.95 bits per heavy atom. The number of nitrogens with zero attached hydrogens (tertiary/aromatic N) is 2. The van der Waals surface area contributed by atoms with Gasteiger partial charge < -0.3 is 14.9 Å². The Hall–Kier alpha value is -3.09. The van der Waals surface area contributed by atoms with E-state index in [0.717, 1.165) is 6.07 Å². The lowest BCUT2D eigenvalue weighted by molar-refractivity contribution is -0.384. The monoisotopic (exact) mass is 288 g/mol. The van der Waals surface area contributed by atoms with Gasteiger partial charge in [-0.3, -0.25) is 15.1 Å². The summed E-state index contributed by atoms with van der Waals surface area (Å²) in [7, 11) is 1.48. The molecule has 2 N–H and O–H groups in total. The Kier molecular flexibility index (Phi) is 4.03. The van der Waals surface area contributed by atoms with Gasteiger partial charge in [-0.1, -0.05) is 0 Å². The Balaban J connectivity index is 2.27. The molecule has 0 saturated heterocycles. The fourth-order valence-corrected chi connectivity index (χ4v) is 1.63. The van der Waals surface area contributed by atoms with Crippen molar-refractivity contribution in [3.8, 4) is 17.2 Å². The molecule has 0 heterocycles. The zero-order valence-electron chi connectivity index (χ0n) is 11.1. The largest absolute Gasteiger partial charge is 0.507 e. The number of aliphatic imine (C=N–C) groups is 1. The van der Waals surface area contributed by atoms with Crippen molar-refractivity contribution >= 4 is 17.6 Å². The van der Waals surface area contributed by atoms with Crippen molar-refractivity contribution in [1.82, 2.24) is 0 Å². The van der Waals surface area contributed by atoms with Crippen LogP contribution in [0.3, 0.4) is 0 Å². The summed E-state index contributed by atoms with van der Waals surface area (Å²) in [5.41, 5.74) is 0.364. The first kappa shape index (κ1) is 14.3. The maximum absolute atomic E-state index is 10.6. The topological polar surface area (TPSA) is 105 Å². The summed E-state index contributed by atoms with van der Waals surface area (Å²) in [5.74, 6) is 0.163. The molecule has 0 unspecified atom stereocenters. The molecule has 0 aliphatic carbocycles. The van der Waals surface area contributed by atoms with Crippen LogP contribution in [0, 0.1) is 10.1 Å². The van der Waals surface area contributed by atoms with Gasteiger partial charge in [-0.15, -0.1) is 0 Å². The summed E-state index contributed by atoms with van der Waals surface area (Å²) in [6.45, 7) is 0. The van der Waals surface area contributed by atoms with Crippen LogP contribution in [0.1, 0.15) is 5.56 Å². The van der Waals surface area contributed by atoms with E-state index in [1.807, 2.05) is 0 Å². The molecule has 108 valence electrons. The highest BCUT2D eigenvalue weighted by Crippen LogP contribution is 2.30. The number of aromatic hydroxyl groups is 2. The van der Waals surface area contributed by atoms with E-state index in [1.165, 1.54) is 31.5 Å². The number of non-ortho nitro benzene ring substituents is 1. The van der Waals surface area contributed by atoms with Crippen LogP contribution in [0.5, 0.6) is 17.2 Å². The summed E-state index contributed by atoms with van der Waals surface area (Å²) in [5, 5.41) is 30.0. The second-order valence-corrected chi connectivity index (χ2v) is 4.11. The maximum Gasteiger partial charge on any atom is 0.273 e. The molecule has 0 aliphatic heterocycles. The predicted molar refractivity (Wildman–Crippen MR) is 76.7 cm³/mol. The van der Waals surface area contributed by atoms with E-state index in [1.54, 1.807) is 12.1 Å². The minimum atomic E-state index is -0.609. The molecule has 0 amide bonds. The summed E-state index contributed by atoms with van der Waals surface area (Å²) in [6, 6.07) is 8.25. The van der Waals surface area contributed by atoms with Crippen LogP contribution in [-0.4, -0.2) is 28.5 Å². The number of rotatable bonds is 4. The van der Waals surface area contributed by atoms with Crippen LogP contribution in [0.2, 0.25) is 0 Å².